The topological polar surface area (TPSA) is 72.6 Å². The number of nitrogens with zero attached hydrogens (tertiary/aromatic N) is 1. The Labute approximate surface area is 109 Å². The van der Waals surface area contributed by atoms with Gasteiger partial charge in [-0.3, -0.25) is 4.79 Å². The Bertz CT molecular complexity index is 307. The zero-order valence-electron chi connectivity index (χ0n) is 11.5. The van der Waals surface area contributed by atoms with Crippen molar-refractivity contribution in [2.75, 3.05) is 13.7 Å². The van der Waals surface area contributed by atoms with E-state index in [0.29, 0.717) is 13.0 Å². The molecule has 1 heterocycles. The van der Waals surface area contributed by atoms with Gasteiger partial charge < -0.3 is 15.4 Å². The second kappa shape index (κ2) is 6.73. The van der Waals surface area contributed by atoms with Crippen LogP contribution in [0.5, 0.6) is 0 Å². The van der Waals surface area contributed by atoms with Crippen molar-refractivity contribution in [3.05, 3.63) is 0 Å². The number of hydrogen-bond donors (Lipinski definition) is 1. The van der Waals surface area contributed by atoms with E-state index in [4.69, 9.17) is 10.5 Å². The molecule has 0 spiro atoms. The van der Waals surface area contributed by atoms with Gasteiger partial charge >= 0.3 is 5.97 Å². The van der Waals surface area contributed by atoms with Gasteiger partial charge in [-0.2, -0.15) is 0 Å². The van der Waals surface area contributed by atoms with Gasteiger partial charge in [-0.05, 0) is 25.2 Å². The van der Waals surface area contributed by atoms with Crippen molar-refractivity contribution in [2.24, 2.45) is 11.7 Å². The van der Waals surface area contributed by atoms with E-state index in [1.165, 1.54) is 7.11 Å². The van der Waals surface area contributed by atoms with E-state index in [9.17, 15) is 9.59 Å². The Morgan fingerprint density at radius 2 is 2.11 bits per heavy atom. The van der Waals surface area contributed by atoms with Crippen molar-refractivity contribution in [2.45, 2.75) is 51.6 Å². The van der Waals surface area contributed by atoms with E-state index in [-0.39, 0.29) is 17.8 Å². The zero-order chi connectivity index (χ0) is 13.7. The lowest BCUT2D eigenvalue weighted by Crippen LogP contribution is -2.55. The minimum Gasteiger partial charge on any atom is -0.467 e. The van der Waals surface area contributed by atoms with Crippen LogP contribution in [0.15, 0.2) is 0 Å². The van der Waals surface area contributed by atoms with Crippen molar-refractivity contribution in [1.82, 2.24) is 4.90 Å². The fourth-order valence-corrected chi connectivity index (χ4v) is 2.27. The zero-order valence-corrected chi connectivity index (χ0v) is 11.5. The molecule has 1 aliphatic heterocycles. The molecule has 1 rings (SSSR count). The highest BCUT2D eigenvalue weighted by molar-refractivity contribution is 5.87. The van der Waals surface area contributed by atoms with Crippen LogP contribution in [0.4, 0.5) is 0 Å². The number of piperidine rings is 1. The summed E-state index contributed by atoms with van der Waals surface area (Å²) in [6, 6.07) is -0.980. The third-order valence-electron chi connectivity index (χ3n) is 3.80. The molecule has 0 bridgehead atoms. The second-order valence-electron chi connectivity index (χ2n) is 4.98. The number of methoxy groups -OCH3 is 1. The quantitative estimate of drug-likeness (QED) is 0.759. The molecule has 5 nitrogen and oxygen atoms in total. The summed E-state index contributed by atoms with van der Waals surface area (Å²) in [5.41, 5.74) is 5.96. The predicted molar refractivity (Wildman–Crippen MR) is 68.8 cm³/mol. The Morgan fingerprint density at radius 3 is 2.67 bits per heavy atom. The maximum atomic E-state index is 12.3. The molecule has 1 amide bonds. The third kappa shape index (κ3) is 3.22. The van der Waals surface area contributed by atoms with Gasteiger partial charge in [-0.15, -0.1) is 0 Å². The fourth-order valence-electron chi connectivity index (χ4n) is 2.27. The van der Waals surface area contributed by atoms with E-state index in [1.807, 2.05) is 13.8 Å². The molecule has 0 aromatic rings. The summed E-state index contributed by atoms with van der Waals surface area (Å²) in [6.07, 6.45) is 3.39. The van der Waals surface area contributed by atoms with Crippen molar-refractivity contribution in [3.8, 4) is 0 Å². The lowest BCUT2D eigenvalue weighted by molar-refractivity contribution is -0.155. The molecule has 0 saturated carbocycles. The average Bonchev–Trinajstić information content (AvgIpc) is 2.43. The van der Waals surface area contributed by atoms with Crippen molar-refractivity contribution >= 4 is 11.9 Å². The van der Waals surface area contributed by atoms with Gasteiger partial charge in [-0.1, -0.05) is 20.3 Å². The molecular weight excluding hydrogens is 232 g/mol. The lowest BCUT2D eigenvalue weighted by Gasteiger charge is -2.36. The summed E-state index contributed by atoms with van der Waals surface area (Å²) in [4.78, 5) is 25.6. The highest BCUT2D eigenvalue weighted by Crippen LogP contribution is 2.20. The molecule has 1 saturated heterocycles. The minimum absolute atomic E-state index is 0.123. The molecular formula is C13H24N2O3. The molecule has 0 aromatic heterocycles. The van der Waals surface area contributed by atoms with Crippen molar-refractivity contribution in [3.63, 3.8) is 0 Å². The summed E-state index contributed by atoms with van der Waals surface area (Å²) < 4.78 is 4.76. The number of hydrogen-bond acceptors (Lipinski definition) is 4. The molecule has 3 unspecified atom stereocenters. The van der Waals surface area contributed by atoms with Crippen LogP contribution in [-0.2, 0) is 14.3 Å². The first-order valence-electron chi connectivity index (χ1n) is 6.66. The molecule has 18 heavy (non-hydrogen) atoms. The molecule has 0 radical (unpaired) electrons. The molecule has 2 N–H and O–H groups in total. The Kier molecular flexibility index (Phi) is 5.59. The summed E-state index contributed by atoms with van der Waals surface area (Å²) in [7, 11) is 1.36. The lowest BCUT2D eigenvalue weighted by atomic mass is 9.95. The van der Waals surface area contributed by atoms with E-state index < -0.39 is 12.1 Å². The van der Waals surface area contributed by atoms with E-state index in [2.05, 4.69) is 0 Å². The molecule has 104 valence electrons. The summed E-state index contributed by atoms with van der Waals surface area (Å²) in [6.45, 7) is 4.56. The summed E-state index contributed by atoms with van der Waals surface area (Å²) in [5, 5.41) is 0. The average molecular weight is 256 g/mol. The van der Waals surface area contributed by atoms with Crippen LogP contribution in [0.1, 0.15) is 39.5 Å². The van der Waals surface area contributed by atoms with Crippen LogP contribution in [0.2, 0.25) is 0 Å². The van der Waals surface area contributed by atoms with Crippen LogP contribution < -0.4 is 5.73 Å². The number of esters is 1. The molecule has 1 fully saturated rings. The Hall–Kier alpha value is -1.10. The standard InChI is InChI=1S/C13H24N2O3/c1-4-9(2)11(14)12(16)15-8-6-5-7-10(15)13(17)18-3/h9-11H,4-8,14H2,1-3H3. The van der Waals surface area contributed by atoms with Gasteiger partial charge in [0.1, 0.15) is 6.04 Å². The Morgan fingerprint density at radius 1 is 1.44 bits per heavy atom. The highest BCUT2D eigenvalue weighted by atomic mass is 16.5. The number of amides is 1. The third-order valence-corrected chi connectivity index (χ3v) is 3.80. The Balaban J connectivity index is 2.77. The smallest absolute Gasteiger partial charge is 0.328 e. The van der Waals surface area contributed by atoms with E-state index >= 15 is 0 Å². The molecule has 1 aliphatic rings. The van der Waals surface area contributed by atoms with Crippen molar-refractivity contribution in [1.29, 1.82) is 0 Å². The molecule has 0 aromatic carbocycles. The second-order valence-corrected chi connectivity index (χ2v) is 4.98. The predicted octanol–water partition coefficient (Wildman–Crippen LogP) is 0.914. The van der Waals surface area contributed by atoms with Crippen LogP contribution in [0.3, 0.4) is 0 Å². The van der Waals surface area contributed by atoms with Crippen molar-refractivity contribution < 1.29 is 14.3 Å². The number of carbonyl (C=O) groups excluding carboxylic acids is 2. The first kappa shape index (κ1) is 15.0. The van der Waals surface area contributed by atoms with Crippen LogP contribution in [0, 0.1) is 5.92 Å². The molecule has 5 heteroatoms. The number of likely N-dealkylation sites (tertiary alicyclic amines) is 1. The van der Waals surface area contributed by atoms with Gasteiger partial charge in [0, 0.05) is 6.54 Å². The fraction of sp³-hybridized carbons (Fsp3) is 0.846. The number of carbonyl (C=O) groups is 2. The monoisotopic (exact) mass is 256 g/mol. The maximum Gasteiger partial charge on any atom is 0.328 e. The van der Waals surface area contributed by atoms with E-state index in [1.54, 1.807) is 4.90 Å². The largest absolute Gasteiger partial charge is 0.467 e. The van der Waals surface area contributed by atoms with Gasteiger partial charge in [0.2, 0.25) is 5.91 Å². The molecule has 0 aliphatic carbocycles. The summed E-state index contributed by atoms with van der Waals surface area (Å²) >= 11 is 0. The normalized spacial score (nSPS) is 23.3. The SMILES string of the molecule is CCC(C)C(N)C(=O)N1CCCCC1C(=O)OC. The van der Waals surface area contributed by atoms with Gasteiger partial charge in [0.25, 0.3) is 0 Å². The van der Waals surface area contributed by atoms with E-state index in [0.717, 1.165) is 19.3 Å². The highest BCUT2D eigenvalue weighted by Gasteiger charge is 2.35. The number of nitrogens with two attached hydrogens (primary N) is 1. The first-order chi connectivity index (χ1) is 8.52. The van der Waals surface area contributed by atoms with Gasteiger partial charge in [0.15, 0.2) is 0 Å². The van der Waals surface area contributed by atoms with Crippen LogP contribution in [0.25, 0.3) is 0 Å². The number of rotatable bonds is 4. The minimum atomic E-state index is -0.528. The van der Waals surface area contributed by atoms with Crippen LogP contribution in [-0.4, -0.2) is 42.5 Å². The first-order valence-corrected chi connectivity index (χ1v) is 6.66. The maximum absolute atomic E-state index is 12.3. The number of ether oxygens (including phenoxy) is 1. The summed E-state index contributed by atoms with van der Waals surface area (Å²) in [5.74, 6) is -0.337. The molecule has 3 atom stereocenters. The van der Waals surface area contributed by atoms with Gasteiger partial charge in [-0.25, -0.2) is 4.79 Å². The van der Waals surface area contributed by atoms with Gasteiger partial charge in [0.05, 0.1) is 13.2 Å². The van der Waals surface area contributed by atoms with Crippen LogP contribution >= 0.6 is 0 Å².